The average Bonchev–Trinajstić information content (AvgIpc) is 2.39. The maximum absolute atomic E-state index is 11.3. The molecule has 1 aromatic carbocycles. The molecule has 108 valence electrons. The zero-order chi connectivity index (χ0) is 14.5. The van der Waals surface area contributed by atoms with Gasteiger partial charge < -0.3 is 10.6 Å². The summed E-state index contributed by atoms with van der Waals surface area (Å²) in [5.41, 5.74) is 2.63. The lowest BCUT2D eigenvalue weighted by molar-refractivity contribution is -0.115. The second-order valence-electron chi connectivity index (χ2n) is 4.55. The number of nitrogens with one attached hydrogen (secondary N) is 2. The van der Waals surface area contributed by atoms with Crippen molar-refractivity contribution in [1.82, 2.24) is 9.97 Å². The first-order valence-corrected chi connectivity index (χ1v) is 6.56. The van der Waals surface area contributed by atoms with Gasteiger partial charge in [0.1, 0.15) is 11.6 Å². The fourth-order valence-electron chi connectivity index (χ4n) is 1.82. The van der Waals surface area contributed by atoms with Gasteiger partial charge in [-0.15, -0.1) is 0 Å². The minimum atomic E-state index is 0. The van der Waals surface area contributed by atoms with Gasteiger partial charge >= 0.3 is 0 Å². The van der Waals surface area contributed by atoms with Gasteiger partial charge in [0.15, 0.2) is 0 Å². The van der Waals surface area contributed by atoms with E-state index in [4.69, 9.17) is 0 Å². The van der Waals surface area contributed by atoms with Gasteiger partial charge in [0.05, 0.1) is 0 Å². The number of carbonyl (C=O) groups is 1. The van der Waals surface area contributed by atoms with Crippen LogP contribution < -0.4 is 10.6 Å². The third kappa shape index (κ3) is 3.78. The van der Waals surface area contributed by atoms with E-state index in [9.17, 15) is 4.79 Å². The van der Waals surface area contributed by atoms with Crippen molar-refractivity contribution in [3.8, 4) is 0 Å². The number of hydrogen-bond acceptors (Lipinski definition) is 4. The first-order valence-electron chi connectivity index (χ1n) is 6.56. The van der Waals surface area contributed by atoms with Crippen LogP contribution in [-0.2, 0) is 4.79 Å². The normalized spacial score (nSPS) is 10.2. The third-order valence-electron chi connectivity index (χ3n) is 2.73. The van der Waals surface area contributed by atoms with Gasteiger partial charge in [-0.3, -0.25) is 4.79 Å². The van der Waals surface area contributed by atoms with Gasteiger partial charge in [0.25, 0.3) is 0 Å². The number of aromatic nitrogens is 2. The van der Waals surface area contributed by atoms with Crippen molar-refractivity contribution in [2.75, 3.05) is 10.6 Å². The molecule has 2 rings (SSSR count). The van der Waals surface area contributed by atoms with Crippen LogP contribution in [0.4, 0.5) is 17.2 Å². The Kier molecular flexibility index (Phi) is 4.30. The molecule has 0 saturated carbocycles. The van der Waals surface area contributed by atoms with Gasteiger partial charge in [0, 0.05) is 32.4 Å². The number of nitrogens with zero attached hydrogens (tertiary/aromatic N) is 2. The van der Waals surface area contributed by atoms with Gasteiger partial charge in [-0.2, -0.15) is 0 Å². The Hall–Kier alpha value is -2.43. The van der Waals surface area contributed by atoms with Crippen LogP contribution in [-0.4, -0.2) is 15.9 Å². The van der Waals surface area contributed by atoms with Crippen LogP contribution >= 0.6 is 0 Å². The second-order valence-corrected chi connectivity index (χ2v) is 4.55. The highest BCUT2D eigenvalue weighted by Crippen LogP contribution is 2.18. The molecule has 20 heavy (non-hydrogen) atoms. The van der Waals surface area contributed by atoms with Gasteiger partial charge in [-0.05, 0) is 38.1 Å². The molecule has 5 nitrogen and oxygen atoms in total. The topological polar surface area (TPSA) is 66.9 Å². The quantitative estimate of drug-likeness (QED) is 0.892. The zero-order valence-corrected chi connectivity index (χ0v) is 11.9. The van der Waals surface area contributed by atoms with Crippen molar-refractivity contribution >= 4 is 23.1 Å². The summed E-state index contributed by atoms with van der Waals surface area (Å²) in [6, 6.07) is 9.41. The first-order chi connectivity index (χ1) is 9.56. The van der Waals surface area contributed by atoms with E-state index in [-0.39, 0.29) is 8.76 Å². The lowest BCUT2D eigenvalue weighted by atomic mass is 10.2. The molecule has 5 heteroatoms. The van der Waals surface area contributed by atoms with Gasteiger partial charge in [0.2, 0.25) is 5.91 Å². The molecule has 0 saturated heterocycles. The Bertz CT molecular complexity index is 597. The van der Waals surface area contributed by atoms with Crippen molar-refractivity contribution in [3.05, 3.63) is 41.9 Å². The molecule has 0 fully saturated rings. The maximum Gasteiger partial charge on any atom is 0.224 e. The molecule has 1 heterocycles. The van der Waals surface area contributed by atoms with Crippen molar-refractivity contribution in [3.63, 3.8) is 0 Å². The lowest BCUT2D eigenvalue weighted by Gasteiger charge is -2.08. The van der Waals surface area contributed by atoms with E-state index < -0.39 is 0 Å². The third-order valence-corrected chi connectivity index (χ3v) is 2.73. The van der Waals surface area contributed by atoms with Crippen molar-refractivity contribution in [2.24, 2.45) is 0 Å². The maximum atomic E-state index is 11.3. The first kappa shape index (κ1) is 14.0. The highest BCUT2D eigenvalue weighted by molar-refractivity contribution is 5.90. The molecule has 0 spiro atoms. The summed E-state index contributed by atoms with van der Waals surface area (Å²) in [7, 11) is 0. The smallest absolute Gasteiger partial charge is 0.224 e. The van der Waals surface area contributed by atoms with Crippen molar-refractivity contribution in [2.45, 2.75) is 27.2 Å². The SMILES string of the molecule is CCC(=O)Nc1ccc(Nc2cc(C)nc(C)n2)cc1.[HH].[HH]. The minimum Gasteiger partial charge on any atom is -0.340 e. The number of aryl methyl sites for hydroxylation is 2. The summed E-state index contributed by atoms with van der Waals surface area (Å²) in [5, 5.41) is 6.02. The molecule has 0 aliphatic heterocycles. The van der Waals surface area contributed by atoms with E-state index in [1.807, 2.05) is 51.1 Å². The number of hydrogen-bond donors (Lipinski definition) is 2. The van der Waals surface area contributed by atoms with Crippen LogP contribution in [0, 0.1) is 13.8 Å². The summed E-state index contributed by atoms with van der Waals surface area (Å²) in [6.45, 7) is 5.62. The molecular formula is C15H22N4O. The van der Waals surface area contributed by atoms with Crippen LogP contribution in [0.3, 0.4) is 0 Å². The van der Waals surface area contributed by atoms with Crippen LogP contribution in [0.5, 0.6) is 0 Å². The molecule has 0 atom stereocenters. The Morgan fingerprint density at radius 1 is 1.15 bits per heavy atom. The fraction of sp³-hybridized carbons (Fsp3) is 0.267. The molecule has 0 radical (unpaired) electrons. The van der Waals surface area contributed by atoms with E-state index in [1.54, 1.807) is 0 Å². The van der Waals surface area contributed by atoms with Gasteiger partial charge in [-0.1, -0.05) is 6.92 Å². The molecule has 0 aliphatic rings. The van der Waals surface area contributed by atoms with E-state index in [0.29, 0.717) is 6.42 Å². The number of anilines is 3. The highest BCUT2D eigenvalue weighted by Gasteiger charge is 2.01. The van der Waals surface area contributed by atoms with Crippen LogP contribution in [0.25, 0.3) is 0 Å². The molecular weight excluding hydrogens is 252 g/mol. The van der Waals surface area contributed by atoms with Crippen molar-refractivity contribution in [1.29, 1.82) is 0 Å². The van der Waals surface area contributed by atoms with Gasteiger partial charge in [-0.25, -0.2) is 9.97 Å². The fourth-order valence-corrected chi connectivity index (χ4v) is 1.82. The zero-order valence-electron chi connectivity index (χ0n) is 11.9. The summed E-state index contributed by atoms with van der Waals surface area (Å²) in [4.78, 5) is 19.8. The predicted molar refractivity (Wildman–Crippen MR) is 84.4 cm³/mol. The molecule has 0 unspecified atom stereocenters. The predicted octanol–water partition coefficient (Wildman–Crippen LogP) is 3.68. The highest BCUT2D eigenvalue weighted by atomic mass is 16.1. The number of amides is 1. The second kappa shape index (κ2) is 6.14. The largest absolute Gasteiger partial charge is 0.340 e. The minimum absolute atomic E-state index is 0. The van der Waals surface area contributed by atoms with E-state index >= 15 is 0 Å². The standard InChI is InChI=1S/C15H18N4O.2H2/c1-4-15(20)19-13-7-5-12(6-8-13)18-14-9-10(2)16-11(3)17-14;;/h5-9H,4H2,1-3H3,(H,19,20)(H,16,17,18);2*1H. The molecule has 2 aromatic rings. The van der Waals surface area contributed by atoms with Crippen molar-refractivity contribution < 1.29 is 7.65 Å². The molecule has 0 bridgehead atoms. The lowest BCUT2D eigenvalue weighted by Crippen LogP contribution is -2.09. The summed E-state index contributed by atoms with van der Waals surface area (Å²) in [6.07, 6.45) is 0.472. The Balaban J connectivity index is 0.00000220. The van der Waals surface area contributed by atoms with E-state index in [2.05, 4.69) is 20.6 Å². The van der Waals surface area contributed by atoms with Crippen LogP contribution in [0.1, 0.15) is 27.7 Å². The molecule has 2 N–H and O–H groups in total. The Morgan fingerprint density at radius 3 is 2.40 bits per heavy atom. The average molecular weight is 274 g/mol. The monoisotopic (exact) mass is 274 g/mol. The number of benzene rings is 1. The van der Waals surface area contributed by atoms with Crippen LogP contribution in [0.15, 0.2) is 30.3 Å². The Morgan fingerprint density at radius 2 is 1.80 bits per heavy atom. The van der Waals surface area contributed by atoms with E-state index in [1.165, 1.54) is 0 Å². The summed E-state index contributed by atoms with van der Waals surface area (Å²) < 4.78 is 0. The van der Waals surface area contributed by atoms with E-state index in [0.717, 1.165) is 28.7 Å². The number of rotatable bonds is 4. The molecule has 0 aliphatic carbocycles. The Labute approximate surface area is 121 Å². The summed E-state index contributed by atoms with van der Waals surface area (Å²) >= 11 is 0. The molecule has 1 aromatic heterocycles. The molecule has 1 amide bonds. The number of carbonyl (C=O) groups excluding carboxylic acids is 1. The van der Waals surface area contributed by atoms with Crippen LogP contribution in [0.2, 0.25) is 0 Å². The summed E-state index contributed by atoms with van der Waals surface area (Å²) in [5.74, 6) is 1.51.